The number of esters is 2. The number of hydrogen-bond donors (Lipinski definition) is 0. The summed E-state index contributed by atoms with van der Waals surface area (Å²) in [5, 5.41) is 0. The summed E-state index contributed by atoms with van der Waals surface area (Å²) in [7, 11) is 0. The molecule has 33 heavy (non-hydrogen) atoms. The molecule has 1 aromatic carbocycles. The zero-order valence-electron chi connectivity index (χ0n) is 21.5. The lowest BCUT2D eigenvalue weighted by Crippen LogP contribution is -2.21. The van der Waals surface area contributed by atoms with E-state index < -0.39 is 0 Å². The molecular weight excluding hydrogens is 412 g/mol. The van der Waals surface area contributed by atoms with Gasteiger partial charge in [0.2, 0.25) is 0 Å². The molecule has 4 heteroatoms. The van der Waals surface area contributed by atoms with Gasteiger partial charge in [-0.3, -0.25) is 9.59 Å². The van der Waals surface area contributed by atoms with Gasteiger partial charge in [-0.2, -0.15) is 0 Å². The van der Waals surface area contributed by atoms with E-state index in [1.807, 2.05) is 0 Å². The van der Waals surface area contributed by atoms with E-state index in [2.05, 4.69) is 20.8 Å². The third-order valence-corrected chi connectivity index (χ3v) is 6.14. The van der Waals surface area contributed by atoms with Crippen LogP contribution in [0.1, 0.15) is 130 Å². The van der Waals surface area contributed by atoms with E-state index in [1.165, 1.54) is 57.8 Å². The van der Waals surface area contributed by atoms with Crippen LogP contribution in [0.15, 0.2) is 24.3 Å². The first-order valence-electron chi connectivity index (χ1n) is 13.6. The Kier molecular flexibility index (Phi) is 17.4. The van der Waals surface area contributed by atoms with Gasteiger partial charge in [0, 0.05) is 6.42 Å². The lowest BCUT2D eigenvalue weighted by molar-refractivity contribution is -0.140. The molecule has 1 atom stereocenters. The van der Waals surface area contributed by atoms with Crippen LogP contribution in [0.2, 0.25) is 0 Å². The van der Waals surface area contributed by atoms with E-state index in [9.17, 15) is 9.59 Å². The van der Waals surface area contributed by atoms with Crippen LogP contribution >= 0.6 is 0 Å². The van der Waals surface area contributed by atoms with Crippen LogP contribution in [0.4, 0.5) is 0 Å². The first-order valence-corrected chi connectivity index (χ1v) is 13.6. The Balaban J connectivity index is 2.46. The van der Waals surface area contributed by atoms with Crippen molar-refractivity contribution in [2.45, 2.75) is 130 Å². The van der Waals surface area contributed by atoms with Crippen molar-refractivity contribution in [1.29, 1.82) is 0 Å². The van der Waals surface area contributed by atoms with Crippen molar-refractivity contribution in [3.05, 3.63) is 24.3 Å². The minimum Gasteiger partial charge on any atom is -0.423 e. The Labute approximate surface area is 202 Å². The zero-order chi connectivity index (χ0) is 24.2. The van der Waals surface area contributed by atoms with Crippen LogP contribution in [-0.2, 0) is 9.59 Å². The van der Waals surface area contributed by atoms with Crippen LogP contribution in [-0.4, -0.2) is 11.9 Å². The van der Waals surface area contributed by atoms with Gasteiger partial charge in [-0.25, -0.2) is 0 Å². The Morgan fingerprint density at radius 2 is 1.15 bits per heavy atom. The molecule has 0 saturated heterocycles. The molecule has 0 aliphatic carbocycles. The van der Waals surface area contributed by atoms with Crippen molar-refractivity contribution in [2.24, 2.45) is 5.92 Å². The maximum Gasteiger partial charge on any atom is 0.314 e. The van der Waals surface area contributed by atoms with E-state index >= 15 is 0 Å². The SMILES string of the molecule is CCCCCCCCCCC(=O)Oc1ccccc1OC(=O)C(CCC)CCCCCCC. The van der Waals surface area contributed by atoms with E-state index in [4.69, 9.17) is 9.47 Å². The molecule has 0 amide bonds. The summed E-state index contributed by atoms with van der Waals surface area (Å²) in [4.78, 5) is 25.2. The second kappa shape index (κ2) is 19.6. The Morgan fingerprint density at radius 3 is 1.73 bits per heavy atom. The van der Waals surface area contributed by atoms with Gasteiger partial charge < -0.3 is 9.47 Å². The minimum atomic E-state index is -0.259. The van der Waals surface area contributed by atoms with E-state index in [1.54, 1.807) is 24.3 Å². The molecule has 0 aromatic heterocycles. The summed E-state index contributed by atoms with van der Waals surface area (Å²) in [5.41, 5.74) is 0. The molecule has 1 aromatic rings. The average Bonchev–Trinajstić information content (AvgIpc) is 2.81. The van der Waals surface area contributed by atoms with Crippen molar-refractivity contribution in [2.75, 3.05) is 0 Å². The van der Waals surface area contributed by atoms with Gasteiger partial charge >= 0.3 is 11.9 Å². The third-order valence-electron chi connectivity index (χ3n) is 6.14. The summed E-state index contributed by atoms with van der Waals surface area (Å²) < 4.78 is 11.3. The minimum absolute atomic E-state index is 0.0993. The molecule has 0 aliphatic heterocycles. The second-order valence-electron chi connectivity index (χ2n) is 9.26. The number of ether oxygens (including phenoxy) is 2. The predicted molar refractivity (Wildman–Crippen MR) is 137 cm³/mol. The molecule has 0 N–H and O–H groups in total. The highest BCUT2D eigenvalue weighted by molar-refractivity contribution is 5.77. The van der Waals surface area contributed by atoms with Crippen molar-refractivity contribution in [3.63, 3.8) is 0 Å². The molecular formula is C29H48O4. The van der Waals surface area contributed by atoms with Crippen LogP contribution in [0, 0.1) is 5.92 Å². The summed E-state index contributed by atoms with van der Waals surface area (Å²) in [6.07, 6.45) is 18.4. The summed E-state index contributed by atoms with van der Waals surface area (Å²) >= 11 is 0. The molecule has 0 saturated carbocycles. The standard InChI is InChI=1S/C29H48O4/c1-4-7-9-11-12-13-15-17-24-28(30)32-26-22-18-19-23-27(26)33-29(31)25(20-6-3)21-16-14-10-8-5-2/h18-19,22-23,25H,4-17,20-21,24H2,1-3H3. The van der Waals surface area contributed by atoms with Crippen LogP contribution < -0.4 is 9.47 Å². The fourth-order valence-electron chi connectivity index (χ4n) is 4.11. The number of benzene rings is 1. The predicted octanol–water partition coefficient (Wildman–Crippen LogP) is 8.81. The van der Waals surface area contributed by atoms with Gasteiger partial charge in [0.1, 0.15) is 0 Å². The quantitative estimate of drug-likeness (QED) is 0.111. The lowest BCUT2D eigenvalue weighted by atomic mass is 9.96. The number of hydrogen-bond acceptors (Lipinski definition) is 4. The van der Waals surface area contributed by atoms with Crippen molar-refractivity contribution < 1.29 is 19.1 Å². The number of unbranched alkanes of at least 4 members (excludes halogenated alkanes) is 11. The highest BCUT2D eigenvalue weighted by atomic mass is 16.6. The number of para-hydroxylation sites is 2. The molecule has 0 bridgehead atoms. The van der Waals surface area contributed by atoms with Gasteiger partial charge in [0.05, 0.1) is 5.92 Å². The largest absolute Gasteiger partial charge is 0.423 e. The fourth-order valence-corrected chi connectivity index (χ4v) is 4.11. The van der Waals surface area contributed by atoms with Crippen molar-refractivity contribution in [1.82, 2.24) is 0 Å². The first-order chi connectivity index (χ1) is 16.1. The van der Waals surface area contributed by atoms with E-state index in [0.717, 1.165) is 44.9 Å². The summed E-state index contributed by atoms with van der Waals surface area (Å²) in [6.45, 7) is 6.53. The topological polar surface area (TPSA) is 52.6 Å². The van der Waals surface area contributed by atoms with Gasteiger partial charge in [0.25, 0.3) is 0 Å². The zero-order valence-corrected chi connectivity index (χ0v) is 21.5. The third kappa shape index (κ3) is 14.1. The Morgan fingerprint density at radius 1 is 0.636 bits per heavy atom. The molecule has 0 radical (unpaired) electrons. The van der Waals surface area contributed by atoms with Crippen molar-refractivity contribution >= 4 is 11.9 Å². The Hall–Kier alpha value is -1.84. The first kappa shape index (κ1) is 29.2. The maximum absolute atomic E-state index is 12.8. The number of carbonyl (C=O) groups excluding carboxylic acids is 2. The van der Waals surface area contributed by atoms with Gasteiger partial charge in [-0.05, 0) is 31.4 Å². The second-order valence-corrected chi connectivity index (χ2v) is 9.26. The molecule has 4 nitrogen and oxygen atoms in total. The van der Waals surface area contributed by atoms with Crippen LogP contribution in [0.25, 0.3) is 0 Å². The maximum atomic E-state index is 12.8. The highest BCUT2D eigenvalue weighted by Crippen LogP contribution is 2.29. The van der Waals surface area contributed by atoms with Gasteiger partial charge in [-0.1, -0.05) is 116 Å². The van der Waals surface area contributed by atoms with Crippen molar-refractivity contribution in [3.8, 4) is 11.5 Å². The fraction of sp³-hybridized carbons (Fsp3) is 0.724. The molecule has 188 valence electrons. The molecule has 0 spiro atoms. The van der Waals surface area contributed by atoms with Gasteiger partial charge in [0.15, 0.2) is 11.5 Å². The molecule has 0 fully saturated rings. The number of rotatable bonds is 20. The Bertz CT molecular complexity index is 640. The summed E-state index contributed by atoms with van der Waals surface area (Å²) in [6, 6.07) is 7.01. The molecule has 0 heterocycles. The lowest BCUT2D eigenvalue weighted by Gasteiger charge is -2.16. The average molecular weight is 461 g/mol. The number of carbonyl (C=O) groups is 2. The molecule has 0 aliphatic rings. The van der Waals surface area contributed by atoms with E-state index in [0.29, 0.717) is 17.9 Å². The summed E-state index contributed by atoms with van der Waals surface area (Å²) in [5.74, 6) is 0.120. The van der Waals surface area contributed by atoms with Gasteiger partial charge in [-0.15, -0.1) is 0 Å². The smallest absolute Gasteiger partial charge is 0.314 e. The molecule has 1 unspecified atom stereocenters. The normalized spacial score (nSPS) is 11.8. The van der Waals surface area contributed by atoms with Crippen LogP contribution in [0.3, 0.4) is 0 Å². The van der Waals surface area contributed by atoms with Crippen LogP contribution in [0.5, 0.6) is 11.5 Å². The highest BCUT2D eigenvalue weighted by Gasteiger charge is 2.21. The monoisotopic (exact) mass is 460 g/mol. The van der Waals surface area contributed by atoms with E-state index in [-0.39, 0.29) is 17.9 Å². The molecule has 1 rings (SSSR count).